The highest BCUT2D eigenvalue weighted by Gasteiger charge is 2.13. The molecule has 0 saturated carbocycles. The SMILES string of the molecule is COCc1ncc(N)n1COCC[Si](C)(C)C. The predicted molar refractivity (Wildman–Crippen MR) is 71.5 cm³/mol. The van der Waals surface area contributed by atoms with Crippen molar-refractivity contribution in [1.29, 1.82) is 0 Å². The van der Waals surface area contributed by atoms with Crippen LogP contribution in [0.1, 0.15) is 5.82 Å². The number of methoxy groups -OCH3 is 1. The lowest BCUT2D eigenvalue weighted by atomic mass is 10.6. The van der Waals surface area contributed by atoms with E-state index in [2.05, 4.69) is 24.6 Å². The molecule has 0 saturated heterocycles. The Kier molecular flexibility index (Phi) is 5.17. The molecule has 6 heteroatoms. The van der Waals surface area contributed by atoms with Crippen LogP contribution in [0, 0.1) is 0 Å². The number of ether oxygens (including phenoxy) is 2. The van der Waals surface area contributed by atoms with E-state index in [9.17, 15) is 0 Å². The molecular formula is C11H23N3O2Si. The molecule has 1 aromatic rings. The Bertz CT molecular complexity index is 347. The average molecular weight is 257 g/mol. The fourth-order valence-electron chi connectivity index (χ4n) is 1.36. The van der Waals surface area contributed by atoms with Gasteiger partial charge in [0, 0.05) is 21.8 Å². The minimum atomic E-state index is -1.03. The third-order valence-electron chi connectivity index (χ3n) is 2.46. The monoisotopic (exact) mass is 257 g/mol. The van der Waals surface area contributed by atoms with E-state index >= 15 is 0 Å². The summed E-state index contributed by atoms with van der Waals surface area (Å²) < 4.78 is 12.5. The average Bonchev–Trinajstić information content (AvgIpc) is 2.55. The first-order valence-corrected chi connectivity index (χ1v) is 9.51. The maximum atomic E-state index is 5.81. The molecule has 5 nitrogen and oxygen atoms in total. The predicted octanol–water partition coefficient (Wildman–Crippen LogP) is 1.92. The second-order valence-corrected chi connectivity index (χ2v) is 10.9. The van der Waals surface area contributed by atoms with Crippen molar-refractivity contribution in [3.05, 3.63) is 12.0 Å². The summed E-state index contributed by atoms with van der Waals surface area (Å²) in [4.78, 5) is 4.17. The largest absolute Gasteiger partial charge is 0.384 e. The van der Waals surface area contributed by atoms with Crippen LogP contribution in [0.15, 0.2) is 6.20 Å². The van der Waals surface area contributed by atoms with Crippen LogP contribution in [0.25, 0.3) is 0 Å². The van der Waals surface area contributed by atoms with Crippen molar-refractivity contribution in [3.8, 4) is 0 Å². The minimum absolute atomic E-state index is 0.453. The summed E-state index contributed by atoms with van der Waals surface area (Å²) in [5.41, 5.74) is 5.81. The van der Waals surface area contributed by atoms with E-state index in [0.717, 1.165) is 18.5 Å². The van der Waals surface area contributed by atoms with Crippen molar-refractivity contribution in [1.82, 2.24) is 9.55 Å². The molecule has 0 aliphatic rings. The lowest BCUT2D eigenvalue weighted by Crippen LogP contribution is -2.22. The van der Waals surface area contributed by atoms with Gasteiger partial charge in [-0.1, -0.05) is 19.6 Å². The van der Waals surface area contributed by atoms with Gasteiger partial charge in [-0.15, -0.1) is 0 Å². The number of imidazole rings is 1. The van der Waals surface area contributed by atoms with Gasteiger partial charge in [0.2, 0.25) is 0 Å². The molecule has 0 radical (unpaired) electrons. The normalized spacial score (nSPS) is 12.0. The Balaban J connectivity index is 2.43. The van der Waals surface area contributed by atoms with Crippen molar-refractivity contribution >= 4 is 13.9 Å². The molecule has 1 rings (SSSR count). The molecule has 0 amide bonds. The van der Waals surface area contributed by atoms with E-state index in [4.69, 9.17) is 15.2 Å². The Labute approximate surface area is 104 Å². The highest BCUT2D eigenvalue weighted by atomic mass is 28.3. The van der Waals surface area contributed by atoms with Crippen LogP contribution >= 0.6 is 0 Å². The van der Waals surface area contributed by atoms with Gasteiger partial charge in [-0.05, 0) is 6.04 Å². The minimum Gasteiger partial charge on any atom is -0.384 e. The van der Waals surface area contributed by atoms with Crippen LogP contribution in [-0.2, 0) is 22.8 Å². The van der Waals surface area contributed by atoms with E-state index < -0.39 is 8.07 Å². The third kappa shape index (κ3) is 4.89. The zero-order valence-electron chi connectivity index (χ0n) is 11.2. The van der Waals surface area contributed by atoms with Gasteiger partial charge in [-0.2, -0.15) is 0 Å². The zero-order chi connectivity index (χ0) is 12.9. The maximum Gasteiger partial charge on any atom is 0.138 e. The Morgan fingerprint density at radius 1 is 1.41 bits per heavy atom. The molecule has 0 fully saturated rings. The van der Waals surface area contributed by atoms with E-state index in [-0.39, 0.29) is 0 Å². The topological polar surface area (TPSA) is 62.3 Å². The number of nitrogens with two attached hydrogens (primary N) is 1. The van der Waals surface area contributed by atoms with Gasteiger partial charge in [0.25, 0.3) is 0 Å². The first-order valence-electron chi connectivity index (χ1n) is 5.80. The van der Waals surface area contributed by atoms with Gasteiger partial charge in [-0.3, -0.25) is 4.57 Å². The molecular weight excluding hydrogens is 234 g/mol. The lowest BCUT2D eigenvalue weighted by molar-refractivity contribution is 0.0802. The summed E-state index contributed by atoms with van der Waals surface area (Å²) >= 11 is 0. The fourth-order valence-corrected chi connectivity index (χ4v) is 2.11. The van der Waals surface area contributed by atoms with Crippen molar-refractivity contribution in [2.75, 3.05) is 19.5 Å². The molecule has 0 aliphatic carbocycles. The first kappa shape index (κ1) is 14.2. The van der Waals surface area contributed by atoms with Crippen LogP contribution < -0.4 is 5.73 Å². The van der Waals surface area contributed by atoms with Gasteiger partial charge < -0.3 is 15.2 Å². The van der Waals surface area contributed by atoms with E-state index in [0.29, 0.717) is 19.2 Å². The summed E-state index contributed by atoms with van der Waals surface area (Å²) in [5.74, 6) is 1.42. The summed E-state index contributed by atoms with van der Waals surface area (Å²) in [5, 5.41) is 0. The number of hydrogen-bond acceptors (Lipinski definition) is 4. The molecule has 1 heterocycles. The van der Waals surface area contributed by atoms with E-state index in [1.807, 2.05) is 4.57 Å². The van der Waals surface area contributed by atoms with Crippen molar-refractivity contribution in [3.63, 3.8) is 0 Å². The first-order chi connectivity index (χ1) is 7.94. The van der Waals surface area contributed by atoms with Crippen LogP contribution in [-0.4, -0.2) is 31.3 Å². The van der Waals surface area contributed by atoms with Crippen molar-refractivity contribution in [2.24, 2.45) is 0 Å². The number of nitrogens with zero attached hydrogens (tertiary/aromatic N) is 2. The van der Waals surface area contributed by atoms with Crippen LogP contribution in [0.4, 0.5) is 5.82 Å². The highest BCUT2D eigenvalue weighted by Crippen LogP contribution is 2.11. The number of nitrogen functional groups attached to an aromatic ring is 1. The van der Waals surface area contributed by atoms with Gasteiger partial charge >= 0.3 is 0 Å². The quantitative estimate of drug-likeness (QED) is 0.599. The Hall–Kier alpha value is -0.853. The van der Waals surface area contributed by atoms with E-state index in [1.165, 1.54) is 0 Å². The summed E-state index contributed by atoms with van der Waals surface area (Å²) in [6.07, 6.45) is 1.64. The van der Waals surface area contributed by atoms with Gasteiger partial charge in [-0.25, -0.2) is 4.98 Å². The number of hydrogen-bond donors (Lipinski definition) is 1. The molecule has 0 bridgehead atoms. The molecule has 17 heavy (non-hydrogen) atoms. The second kappa shape index (κ2) is 6.18. The van der Waals surface area contributed by atoms with Crippen molar-refractivity contribution < 1.29 is 9.47 Å². The van der Waals surface area contributed by atoms with Crippen LogP contribution in [0.3, 0.4) is 0 Å². The van der Waals surface area contributed by atoms with Crippen LogP contribution in [0.2, 0.25) is 25.7 Å². The van der Waals surface area contributed by atoms with E-state index in [1.54, 1.807) is 13.3 Å². The zero-order valence-corrected chi connectivity index (χ0v) is 12.2. The molecule has 0 aliphatic heterocycles. The Morgan fingerprint density at radius 2 is 2.12 bits per heavy atom. The number of anilines is 1. The summed E-state index contributed by atoms with van der Waals surface area (Å²) in [6, 6.07) is 1.15. The van der Waals surface area contributed by atoms with Gasteiger partial charge in [0.05, 0.1) is 6.20 Å². The second-order valence-electron chi connectivity index (χ2n) is 5.31. The maximum absolute atomic E-state index is 5.81. The molecule has 2 N–H and O–H groups in total. The van der Waals surface area contributed by atoms with Crippen molar-refractivity contribution in [2.45, 2.75) is 39.0 Å². The third-order valence-corrected chi connectivity index (χ3v) is 4.16. The highest BCUT2D eigenvalue weighted by molar-refractivity contribution is 6.76. The smallest absolute Gasteiger partial charge is 0.138 e. The molecule has 0 spiro atoms. The number of aromatic nitrogens is 2. The van der Waals surface area contributed by atoms with Gasteiger partial charge in [0.1, 0.15) is 25.0 Å². The van der Waals surface area contributed by atoms with Crippen LogP contribution in [0.5, 0.6) is 0 Å². The Morgan fingerprint density at radius 3 is 2.71 bits per heavy atom. The number of rotatable bonds is 7. The summed E-state index contributed by atoms with van der Waals surface area (Å²) in [6.45, 7) is 8.68. The lowest BCUT2D eigenvalue weighted by Gasteiger charge is -2.16. The summed E-state index contributed by atoms with van der Waals surface area (Å²) in [7, 11) is 0.613. The van der Waals surface area contributed by atoms with Gasteiger partial charge in [0.15, 0.2) is 0 Å². The molecule has 0 aromatic carbocycles. The fraction of sp³-hybridized carbons (Fsp3) is 0.727. The standard InChI is InChI=1S/C11H23N3O2Si/c1-15-8-11-13-7-10(12)14(11)9-16-5-6-17(2,3)4/h7H,5-6,8-9,12H2,1-4H3. The molecule has 98 valence electrons. The molecule has 0 unspecified atom stereocenters. The molecule has 1 aromatic heterocycles. The molecule has 0 atom stereocenters.